The summed E-state index contributed by atoms with van der Waals surface area (Å²) in [5.41, 5.74) is 1.32. The number of aryl methyl sites for hydroxylation is 1. The third-order valence-corrected chi connectivity index (χ3v) is 10.1. The second-order valence-electron chi connectivity index (χ2n) is 9.87. The predicted molar refractivity (Wildman–Crippen MR) is 156 cm³/mol. The predicted octanol–water partition coefficient (Wildman–Crippen LogP) is 5.01. The molecule has 0 unspecified atom stereocenters. The maximum atomic E-state index is 15.0. The lowest BCUT2D eigenvalue weighted by Gasteiger charge is -2.34. The van der Waals surface area contributed by atoms with Crippen LogP contribution in [0.25, 0.3) is 22.4 Å². The van der Waals surface area contributed by atoms with E-state index >= 15 is 0 Å². The summed E-state index contributed by atoms with van der Waals surface area (Å²) in [5, 5.41) is 3.74. The maximum Gasteiger partial charge on any atom is 0.397 e. The second-order valence-corrected chi connectivity index (χ2v) is 13.9. The molecule has 0 aliphatic carbocycles. The van der Waals surface area contributed by atoms with Gasteiger partial charge in [-0.15, -0.1) is 9.35 Å². The van der Waals surface area contributed by atoms with Crippen molar-refractivity contribution >= 4 is 46.1 Å². The van der Waals surface area contributed by atoms with Crippen molar-refractivity contribution < 1.29 is 36.5 Å². The topological polar surface area (TPSA) is 147 Å². The lowest BCUT2D eigenvalue weighted by Crippen LogP contribution is -2.42. The van der Waals surface area contributed by atoms with Crippen LogP contribution in [0.4, 0.5) is 10.2 Å². The zero-order valence-electron chi connectivity index (χ0n) is 23.4. The molecule has 0 bridgehead atoms. The molecule has 0 radical (unpaired) electrons. The van der Waals surface area contributed by atoms with Crippen molar-refractivity contribution in [3.05, 3.63) is 65.3 Å². The number of aromatic nitrogens is 4. The number of nitrogens with zero attached hydrogens (tertiary/aromatic N) is 5. The van der Waals surface area contributed by atoms with Gasteiger partial charge in [0, 0.05) is 35.9 Å². The fraction of sp³-hybridized carbons (Fsp3) is 0.346. The van der Waals surface area contributed by atoms with Gasteiger partial charge < -0.3 is 5.32 Å². The van der Waals surface area contributed by atoms with Gasteiger partial charge in [0.15, 0.2) is 23.1 Å². The largest absolute Gasteiger partial charge is 0.397 e. The number of benzene rings is 1. The first-order valence-corrected chi connectivity index (χ1v) is 16.6. The number of anilines is 1. The molecule has 13 nitrogen and oxygen atoms in total. The molecular formula is C26H29ClFN6O7PS. The van der Waals surface area contributed by atoms with Gasteiger partial charge >= 0.3 is 7.60 Å². The number of halogens is 2. The van der Waals surface area contributed by atoms with Crippen LogP contribution >= 0.6 is 19.2 Å². The van der Waals surface area contributed by atoms with E-state index in [1.165, 1.54) is 38.7 Å². The molecule has 1 aliphatic heterocycles. The third-order valence-electron chi connectivity index (χ3n) is 6.74. The third kappa shape index (κ3) is 6.89. The average Bonchev–Trinajstić information content (AvgIpc) is 3.34. The number of likely N-dealkylation sites (tertiary alicyclic amines) is 1. The van der Waals surface area contributed by atoms with E-state index in [1.54, 1.807) is 18.2 Å². The minimum atomic E-state index is -4.05. The van der Waals surface area contributed by atoms with Crippen LogP contribution < -0.4 is 5.32 Å². The number of fused-ring (bicyclic) bond motifs is 1. The molecule has 0 amide bonds. The molecule has 1 N–H and O–H groups in total. The Balaban J connectivity index is 1.46. The maximum absolute atomic E-state index is 15.0. The Bertz CT molecular complexity index is 1770. The van der Waals surface area contributed by atoms with Crippen LogP contribution in [0.1, 0.15) is 18.4 Å². The lowest BCUT2D eigenvalue weighted by atomic mass is 10.1. The van der Waals surface area contributed by atoms with Crippen molar-refractivity contribution in [1.82, 2.24) is 23.8 Å². The van der Waals surface area contributed by atoms with E-state index in [0.717, 1.165) is 15.7 Å². The molecule has 1 aliphatic rings. The van der Waals surface area contributed by atoms with Crippen LogP contribution in [0.15, 0.2) is 53.8 Å². The molecule has 43 heavy (non-hydrogen) atoms. The van der Waals surface area contributed by atoms with Gasteiger partial charge in [-0.2, -0.15) is 0 Å². The Morgan fingerprint density at radius 2 is 1.86 bits per heavy atom. The summed E-state index contributed by atoms with van der Waals surface area (Å²) in [4.78, 5) is 23.8. The van der Waals surface area contributed by atoms with Gasteiger partial charge in [-0.05, 0) is 44.5 Å². The molecule has 1 fully saturated rings. The SMILES string of the molecule is COOP(=O)(CN1CCC[C@H](Nc2nc(-c3cn(S(=O)(=O)c4ccc(C)cc4)c4ncc(Cl)cc34)ncc2F)C1)OOC. The summed E-state index contributed by atoms with van der Waals surface area (Å²) in [5.74, 6) is -0.724. The van der Waals surface area contributed by atoms with Crippen LogP contribution in [0.2, 0.25) is 5.02 Å². The number of hydrogen-bond acceptors (Lipinski definition) is 12. The van der Waals surface area contributed by atoms with E-state index in [2.05, 4.69) is 30.0 Å². The van der Waals surface area contributed by atoms with Crippen molar-refractivity contribution in [2.24, 2.45) is 0 Å². The van der Waals surface area contributed by atoms with E-state index < -0.39 is 23.4 Å². The molecule has 3 aromatic heterocycles. The molecule has 230 valence electrons. The summed E-state index contributed by atoms with van der Waals surface area (Å²) in [6.07, 6.45) is 4.96. The van der Waals surface area contributed by atoms with Gasteiger partial charge in [-0.25, -0.2) is 41.5 Å². The van der Waals surface area contributed by atoms with Gasteiger partial charge in [-0.3, -0.25) is 9.46 Å². The number of pyridine rings is 1. The highest BCUT2D eigenvalue weighted by atomic mass is 35.5. The zero-order valence-corrected chi connectivity index (χ0v) is 25.9. The van der Waals surface area contributed by atoms with Crippen molar-refractivity contribution in [2.45, 2.75) is 30.7 Å². The number of rotatable bonds is 11. The van der Waals surface area contributed by atoms with Crippen LogP contribution in [0.5, 0.6) is 0 Å². The fourth-order valence-electron chi connectivity index (χ4n) is 4.86. The Morgan fingerprint density at radius 1 is 1.14 bits per heavy atom. The van der Waals surface area contributed by atoms with Crippen molar-refractivity contribution in [2.75, 3.05) is 38.9 Å². The van der Waals surface area contributed by atoms with Gasteiger partial charge in [0.1, 0.15) is 6.29 Å². The van der Waals surface area contributed by atoms with Crippen molar-refractivity contribution in [3.8, 4) is 11.4 Å². The molecular weight excluding hydrogens is 626 g/mol. The first kappa shape index (κ1) is 31.4. The van der Waals surface area contributed by atoms with Gasteiger partial charge in [0.2, 0.25) is 0 Å². The molecule has 4 aromatic rings. The monoisotopic (exact) mass is 654 g/mol. The van der Waals surface area contributed by atoms with E-state index in [1.807, 2.05) is 11.8 Å². The van der Waals surface area contributed by atoms with E-state index in [9.17, 15) is 17.4 Å². The normalized spacial score (nSPS) is 16.5. The zero-order chi connectivity index (χ0) is 30.8. The van der Waals surface area contributed by atoms with Crippen LogP contribution in [-0.4, -0.2) is 71.9 Å². The summed E-state index contributed by atoms with van der Waals surface area (Å²) < 4.78 is 65.7. The molecule has 1 aromatic carbocycles. The van der Waals surface area contributed by atoms with Gasteiger partial charge in [0.05, 0.1) is 30.3 Å². The Hall–Kier alpha value is -3.01. The fourth-order valence-corrected chi connectivity index (χ4v) is 7.67. The van der Waals surface area contributed by atoms with Gasteiger partial charge in [-0.1, -0.05) is 29.3 Å². The Labute approximate surface area is 252 Å². The first-order valence-electron chi connectivity index (χ1n) is 13.1. The molecule has 1 saturated heterocycles. The molecule has 0 spiro atoms. The number of piperidine rings is 1. The summed E-state index contributed by atoms with van der Waals surface area (Å²) in [6, 6.07) is 7.69. The standard InChI is InChI=1S/C26H29ClFN6O7PS/c1-17-6-8-20(9-7-17)43(36,37)34-15-22(21-11-18(27)12-30-26(21)34)24-29-13-23(28)25(32-24)31-19-5-4-10-33(14-19)16-42(35,40-38-2)41-39-3/h6-9,11-13,15,19H,4-5,10,14,16H2,1-3H3,(H,29,31,32)/t19-/m0/s1. The minimum Gasteiger partial charge on any atom is -0.363 e. The Kier molecular flexibility index (Phi) is 9.44. The summed E-state index contributed by atoms with van der Waals surface area (Å²) in [7, 11) is -5.37. The van der Waals surface area contributed by atoms with Crippen LogP contribution in [-0.2, 0) is 33.7 Å². The first-order chi connectivity index (χ1) is 20.5. The smallest absolute Gasteiger partial charge is 0.363 e. The number of nitrogens with one attached hydrogen (secondary N) is 1. The molecule has 0 saturated carbocycles. The minimum absolute atomic E-state index is 0.0648. The van der Waals surface area contributed by atoms with Gasteiger partial charge in [0.25, 0.3) is 10.0 Å². The van der Waals surface area contributed by atoms with Crippen molar-refractivity contribution in [3.63, 3.8) is 0 Å². The molecule has 17 heteroatoms. The highest BCUT2D eigenvalue weighted by molar-refractivity contribution is 7.90. The van der Waals surface area contributed by atoms with Crippen molar-refractivity contribution in [1.29, 1.82) is 0 Å². The van der Waals surface area contributed by atoms with Crippen LogP contribution in [0.3, 0.4) is 0 Å². The highest BCUT2D eigenvalue weighted by Crippen LogP contribution is 2.49. The molecule has 1 atom stereocenters. The van der Waals surface area contributed by atoms with E-state index in [0.29, 0.717) is 36.9 Å². The van der Waals surface area contributed by atoms with E-state index in [-0.39, 0.29) is 39.5 Å². The summed E-state index contributed by atoms with van der Waals surface area (Å²) in [6.45, 7) is 2.80. The lowest BCUT2D eigenvalue weighted by molar-refractivity contribution is -0.243. The second kappa shape index (κ2) is 12.9. The number of hydrogen-bond donors (Lipinski definition) is 1. The molecule has 4 heterocycles. The summed E-state index contributed by atoms with van der Waals surface area (Å²) >= 11 is 6.23. The van der Waals surface area contributed by atoms with Crippen LogP contribution in [0, 0.1) is 12.7 Å². The highest BCUT2D eigenvalue weighted by Gasteiger charge is 2.33. The quantitative estimate of drug-likeness (QED) is 0.132. The van der Waals surface area contributed by atoms with E-state index in [4.69, 9.17) is 20.9 Å². The Morgan fingerprint density at radius 3 is 2.56 bits per heavy atom. The molecule has 5 rings (SSSR count). The average molecular weight is 655 g/mol.